The molecule has 4 aliphatic rings. The fourth-order valence-electron chi connectivity index (χ4n) is 2.49. The fraction of sp³-hybridized carbons (Fsp3) is 0.111. The number of rotatable bonds is 0. The van der Waals surface area contributed by atoms with Gasteiger partial charge in [-0.25, -0.2) is 0 Å². The van der Waals surface area contributed by atoms with Gasteiger partial charge in [0, 0.05) is 0 Å². The van der Waals surface area contributed by atoms with Crippen molar-refractivity contribution in [1.29, 1.82) is 0 Å². The smallest absolute Gasteiger partial charge is 0.0155 e. The van der Waals surface area contributed by atoms with E-state index in [1.807, 2.05) is 0 Å². The minimum absolute atomic E-state index is 1.36. The minimum Gasteiger partial charge on any atom is -0.0610 e. The molecule has 0 bridgehead atoms. The van der Waals surface area contributed by atoms with E-state index in [0.29, 0.717) is 0 Å². The zero-order chi connectivity index (χ0) is 12.5. The van der Waals surface area contributed by atoms with Gasteiger partial charge in [0.1, 0.15) is 0 Å². The van der Waals surface area contributed by atoms with Crippen molar-refractivity contribution in [2.45, 2.75) is 13.8 Å². The van der Waals surface area contributed by atoms with E-state index in [2.05, 4.69) is 74.6 Å². The molecule has 0 heteroatoms. The summed E-state index contributed by atoms with van der Waals surface area (Å²) in [6.07, 6.45) is 21.5. The highest BCUT2D eigenvalue weighted by atomic mass is 14.2. The number of hydrogen-bond donors (Lipinski definition) is 0. The third-order valence-corrected chi connectivity index (χ3v) is 3.44. The summed E-state index contributed by atoms with van der Waals surface area (Å²) < 4.78 is 0. The summed E-state index contributed by atoms with van der Waals surface area (Å²) >= 11 is 0. The first-order valence-electron chi connectivity index (χ1n) is 6.30. The summed E-state index contributed by atoms with van der Waals surface area (Å²) in [5, 5.41) is 0. The van der Waals surface area contributed by atoms with Crippen LogP contribution in [0.1, 0.15) is 13.8 Å². The van der Waals surface area contributed by atoms with Crippen LogP contribution in [-0.4, -0.2) is 0 Å². The van der Waals surface area contributed by atoms with Gasteiger partial charge in [-0.15, -0.1) is 0 Å². The van der Waals surface area contributed by atoms with Crippen LogP contribution in [0.2, 0.25) is 0 Å². The lowest BCUT2D eigenvalue weighted by atomic mass is 10.1. The maximum absolute atomic E-state index is 2.20. The van der Waals surface area contributed by atoms with E-state index in [1.54, 1.807) is 0 Å². The number of allylic oxidation sites excluding steroid dienone is 16. The topological polar surface area (TPSA) is 0 Å². The highest BCUT2D eigenvalue weighted by molar-refractivity contribution is 5.63. The van der Waals surface area contributed by atoms with E-state index < -0.39 is 0 Å². The van der Waals surface area contributed by atoms with Crippen LogP contribution in [0.5, 0.6) is 0 Å². The molecular formula is C18H16. The Bertz CT molecular complexity index is 628. The van der Waals surface area contributed by atoms with Crippen LogP contribution in [0, 0.1) is 0 Å². The van der Waals surface area contributed by atoms with Crippen molar-refractivity contribution in [3.05, 3.63) is 94.2 Å². The Morgan fingerprint density at radius 3 is 2.22 bits per heavy atom. The van der Waals surface area contributed by atoms with Crippen molar-refractivity contribution in [1.82, 2.24) is 0 Å². The summed E-state index contributed by atoms with van der Waals surface area (Å²) in [5.74, 6) is 0. The van der Waals surface area contributed by atoms with E-state index in [9.17, 15) is 0 Å². The van der Waals surface area contributed by atoms with Gasteiger partial charge in [-0.1, -0.05) is 60.8 Å². The monoisotopic (exact) mass is 232 g/mol. The van der Waals surface area contributed by atoms with Crippen molar-refractivity contribution in [2.24, 2.45) is 0 Å². The molecule has 0 aromatic heterocycles. The minimum atomic E-state index is 1.36. The summed E-state index contributed by atoms with van der Waals surface area (Å²) in [6, 6.07) is 0. The largest absolute Gasteiger partial charge is 0.0610 e. The number of hydrogen-bond acceptors (Lipinski definition) is 0. The number of fused-ring (bicyclic) bond motifs is 2. The molecule has 0 spiro atoms. The van der Waals surface area contributed by atoms with Crippen molar-refractivity contribution < 1.29 is 0 Å². The van der Waals surface area contributed by atoms with Gasteiger partial charge in [-0.3, -0.25) is 0 Å². The van der Waals surface area contributed by atoms with Crippen LogP contribution in [0.25, 0.3) is 0 Å². The van der Waals surface area contributed by atoms with Crippen LogP contribution < -0.4 is 0 Å². The van der Waals surface area contributed by atoms with E-state index in [0.717, 1.165) is 0 Å². The summed E-state index contributed by atoms with van der Waals surface area (Å²) in [4.78, 5) is 0. The molecule has 0 unspecified atom stereocenters. The first kappa shape index (κ1) is 11.0. The third kappa shape index (κ3) is 1.91. The zero-order valence-corrected chi connectivity index (χ0v) is 10.8. The lowest BCUT2D eigenvalue weighted by Gasteiger charge is -1.94. The van der Waals surface area contributed by atoms with Gasteiger partial charge in [0.15, 0.2) is 0 Å². The Morgan fingerprint density at radius 2 is 1.44 bits per heavy atom. The second-order valence-electron chi connectivity index (χ2n) is 4.88. The van der Waals surface area contributed by atoms with Crippen molar-refractivity contribution in [3.8, 4) is 0 Å². The quantitative estimate of drug-likeness (QED) is 0.566. The predicted molar refractivity (Wildman–Crippen MR) is 78.1 cm³/mol. The molecule has 0 saturated carbocycles. The van der Waals surface area contributed by atoms with Crippen LogP contribution in [0.4, 0.5) is 0 Å². The van der Waals surface area contributed by atoms with Crippen molar-refractivity contribution in [3.63, 3.8) is 0 Å². The molecule has 0 radical (unpaired) electrons. The molecule has 0 aromatic rings. The molecule has 0 aromatic carbocycles. The second-order valence-corrected chi connectivity index (χ2v) is 4.88. The predicted octanol–water partition coefficient (Wildman–Crippen LogP) is 4.74. The zero-order valence-electron chi connectivity index (χ0n) is 10.8. The first-order valence-corrected chi connectivity index (χ1v) is 6.30. The Labute approximate surface area is 108 Å². The molecule has 0 N–H and O–H groups in total. The van der Waals surface area contributed by atoms with E-state index >= 15 is 0 Å². The Balaban J connectivity index is 0.000000111. The van der Waals surface area contributed by atoms with Gasteiger partial charge in [-0.05, 0) is 47.3 Å². The average Bonchev–Trinajstić information content (AvgIpc) is 3.02. The molecule has 0 aliphatic heterocycles. The molecule has 18 heavy (non-hydrogen) atoms. The van der Waals surface area contributed by atoms with Crippen molar-refractivity contribution >= 4 is 0 Å². The van der Waals surface area contributed by atoms with Gasteiger partial charge in [-0.2, -0.15) is 0 Å². The molecule has 4 aliphatic carbocycles. The maximum Gasteiger partial charge on any atom is -0.0155 e. The molecule has 0 nitrogen and oxygen atoms in total. The van der Waals surface area contributed by atoms with Gasteiger partial charge < -0.3 is 0 Å². The van der Waals surface area contributed by atoms with Gasteiger partial charge in [0.25, 0.3) is 0 Å². The third-order valence-electron chi connectivity index (χ3n) is 3.44. The molecule has 0 amide bonds. The maximum atomic E-state index is 2.20. The second kappa shape index (κ2) is 4.30. The van der Waals surface area contributed by atoms with Gasteiger partial charge in [0.05, 0.1) is 0 Å². The summed E-state index contributed by atoms with van der Waals surface area (Å²) in [7, 11) is 0. The average molecular weight is 232 g/mol. The van der Waals surface area contributed by atoms with Crippen molar-refractivity contribution in [2.75, 3.05) is 0 Å². The lowest BCUT2D eigenvalue weighted by Crippen LogP contribution is -1.76. The van der Waals surface area contributed by atoms with Gasteiger partial charge >= 0.3 is 0 Å². The van der Waals surface area contributed by atoms with E-state index in [1.165, 1.54) is 33.4 Å². The first-order chi connectivity index (χ1) is 8.74. The SMILES string of the molecule is CC1=CC2=CC=CC2=C1.CC1=CC=C2C=CC=C12. The molecule has 88 valence electrons. The Kier molecular flexibility index (Phi) is 2.64. The molecular weight excluding hydrogens is 216 g/mol. The normalized spacial score (nSPS) is 21.2. The molecule has 0 fully saturated rings. The Hall–Kier alpha value is -2.08. The van der Waals surface area contributed by atoms with E-state index in [4.69, 9.17) is 0 Å². The van der Waals surface area contributed by atoms with Gasteiger partial charge in [0.2, 0.25) is 0 Å². The molecule has 0 heterocycles. The molecule has 4 rings (SSSR count). The van der Waals surface area contributed by atoms with Crippen LogP contribution in [-0.2, 0) is 0 Å². The van der Waals surface area contributed by atoms with Crippen LogP contribution in [0.15, 0.2) is 94.2 Å². The van der Waals surface area contributed by atoms with Crippen LogP contribution in [0.3, 0.4) is 0 Å². The van der Waals surface area contributed by atoms with E-state index in [-0.39, 0.29) is 0 Å². The molecule has 0 atom stereocenters. The molecule has 0 saturated heterocycles. The summed E-state index contributed by atoms with van der Waals surface area (Å²) in [5.41, 5.74) is 8.25. The standard InChI is InChI=1S/2C9H8/c1-7-5-8-3-2-4-9(8)6-7;1-7-5-6-8-3-2-4-9(7)8/h2*2-6H,1H3. The fourth-order valence-corrected chi connectivity index (χ4v) is 2.49. The van der Waals surface area contributed by atoms with Crippen LogP contribution >= 0.6 is 0 Å². The highest BCUT2D eigenvalue weighted by Crippen LogP contribution is 2.30. The lowest BCUT2D eigenvalue weighted by molar-refractivity contribution is 1.46. The summed E-state index contributed by atoms with van der Waals surface area (Å²) in [6.45, 7) is 4.27. The Morgan fingerprint density at radius 1 is 0.667 bits per heavy atom. The highest BCUT2D eigenvalue weighted by Gasteiger charge is 2.11.